The maximum atomic E-state index is 11.8. The number of amides is 1. The molecule has 1 N–H and O–H groups in total. The molecule has 4 heteroatoms. The second-order valence-electron chi connectivity index (χ2n) is 3.45. The highest BCUT2D eigenvalue weighted by atomic mass is 127. The number of carbonyl (C=O) groups excluding carboxylic acids is 1. The molecule has 0 heterocycles. The van der Waals surface area contributed by atoms with Crippen LogP contribution < -0.4 is 5.32 Å². The minimum absolute atomic E-state index is 0.182. The van der Waals surface area contributed by atoms with Crippen LogP contribution in [0.3, 0.4) is 0 Å². The van der Waals surface area contributed by atoms with Crippen LogP contribution in [-0.4, -0.2) is 11.9 Å². The van der Waals surface area contributed by atoms with Crippen molar-refractivity contribution in [2.24, 2.45) is 0 Å². The van der Waals surface area contributed by atoms with Crippen molar-refractivity contribution in [2.75, 3.05) is 0 Å². The van der Waals surface area contributed by atoms with E-state index in [0.717, 1.165) is 9.99 Å². The first-order valence-electron chi connectivity index (χ1n) is 5.13. The van der Waals surface area contributed by atoms with Gasteiger partial charge in [-0.25, -0.2) is 0 Å². The summed E-state index contributed by atoms with van der Waals surface area (Å²) >= 11 is 2.15. The first-order chi connectivity index (χ1) is 7.67. The van der Waals surface area contributed by atoms with Gasteiger partial charge in [0.1, 0.15) is 6.04 Å². The van der Waals surface area contributed by atoms with Gasteiger partial charge in [-0.05, 0) is 47.2 Å². The Kier molecular flexibility index (Phi) is 5.26. The van der Waals surface area contributed by atoms with Gasteiger partial charge in [0.25, 0.3) is 5.91 Å². The van der Waals surface area contributed by atoms with Crippen LogP contribution in [0.4, 0.5) is 0 Å². The number of benzene rings is 1. The van der Waals surface area contributed by atoms with E-state index in [9.17, 15) is 4.79 Å². The highest BCUT2D eigenvalue weighted by Gasteiger charge is 2.11. The van der Waals surface area contributed by atoms with Crippen molar-refractivity contribution in [1.82, 2.24) is 5.32 Å². The van der Waals surface area contributed by atoms with Crippen molar-refractivity contribution in [3.63, 3.8) is 0 Å². The average Bonchev–Trinajstić information content (AvgIpc) is 2.28. The lowest BCUT2D eigenvalue weighted by atomic mass is 10.1. The van der Waals surface area contributed by atoms with Gasteiger partial charge in [-0.1, -0.05) is 19.4 Å². The Bertz CT molecular complexity index is 412. The summed E-state index contributed by atoms with van der Waals surface area (Å²) in [4.78, 5) is 11.8. The summed E-state index contributed by atoms with van der Waals surface area (Å²) in [6, 6.07) is 8.99. The van der Waals surface area contributed by atoms with Crippen LogP contribution in [-0.2, 0) is 0 Å². The molecule has 1 atom stereocenters. The summed E-state index contributed by atoms with van der Waals surface area (Å²) in [6.45, 7) is 1.99. The summed E-state index contributed by atoms with van der Waals surface area (Å²) in [5, 5.41) is 11.5. The molecule has 1 aromatic rings. The first-order valence-corrected chi connectivity index (χ1v) is 6.21. The highest BCUT2D eigenvalue weighted by molar-refractivity contribution is 14.1. The lowest BCUT2D eigenvalue weighted by Gasteiger charge is -2.10. The fourth-order valence-electron chi connectivity index (χ4n) is 1.33. The third-order valence-electron chi connectivity index (χ3n) is 2.13. The molecular weight excluding hydrogens is 315 g/mol. The van der Waals surface area contributed by atoms with Crippen LogP contribution >= 0.6 is 22.6 Å². The molecule has 0 fully saturated rings. The van der Waals surface area contributed by atoms with Gasteiger partial charge < -0.3 is 5.32 Å². The Hall–Kier alpha value is -1.09. The summed E-state index contributed by atoms with van der Waals surface area (Å²) in [7, 11) is 0. The van der Waals surface area contributed by atoms with E-state index in [4.69, 9.17) is 5.26 Å². The Morgan fingerprint density at radius 3 is 2.94 bits per heavy atom. The van der Waals surface area contributed by atoms with Crippen molar-refractivity contribution < 1.29 is 4.79 Å². The van der Waals surface area contributed by atoms with E-state index in [1.807, 2.05) is 19.1 Å². The molecule has 1 unspecified atom stereocenters. The molecule has 84 valence electrons. The number of rotatable bonds is 4. The van der Waals surface area contributed by atoms with Crippen molar-refractivity contribution in [3.05, 3.63) is 33.4 Å². The lowest BCUT2D eigenvalue weighted by molar-refractivity contribution is 0.0944. The van der Waals surface area contributed by atoms with Gasteiger partial charge >= 0.3 is 0 Å². The molecule has 0 saturated carbocycles. The van der Waals surface area contributed by atoms with Crippen LogP contribution in [0.15, 0.2) is 24.3 Å². The molecule has 16 heavy (non-hydrogen) atoms. The quantitative estimate of drug-likeness (QED) is 0.864. The van der Waals surface area contributed by atoms with Gasteiger partial charge in [0.05, 0.1) is 6.07 Å². The predicted molar refractivity (Wildman–Crippen MR) is 70.9 cm³/mol. The minimum Gasteiger partial charge on any atom is -0.336 e. The average molecular weight is 328 g/mol. The summed E-state index contributed by atoms with van der Waals surface area (Å²) in [5.74, 6) is -0.182. The van der Waals surface area contributed by atoms with Gasteiger partial charge in [0, 0.05) is 9.13 Å². The van der Waals surface area contributed by atoms with Gasteiger partial charge in [0.15, 0.2) is 0 Å². The lowest BCUT2D eigenvalue weighted by Crippen LogP contribution is -2.33. The zero-order chi connectivity index (χ0) is 12.0. The van der Waals surface area contributed by atoms with Crippen LogP contribution in [0, 0.1) is 14.9 Å². The predicted octanol–water partition coefficient (Wildman–Crippen LogP) is 2.71. The molecule has 1 rings (SSSR count). The SMILES string of the molecule is CCCC(C#N)NC(=O)c1cccc(I)c1. The van der Waals surface area contributed by atoms with Crippen LogP contribution in [0.1, 0.15) is 30.1 Å². The molecule has 0 radical (unpaired) electrons. The Morgan fingerprint density at radius 2 is 2.38 bits per heavy atom. The Labute approximate surface area is 109 Å². The van der Waals surface area contributed by atoms with E-state index in [2.05, 4.69) is 34.0 Å². The molecule has 0 bridgehead atoms. The number of nitrogens with zero attached hydrogens (tertiary/aromatic N) is 1. The molecule has 0 aromatic heterocycles. The van der Waals surface area contributed by atoms with E-state index >= 15 is 0 Å². The van der Waals surface area contributed by atoms with E-state index in [-0.39, 0.29) is 5.91 Å². The number of nitriles is 1. The van der Waals surface area contributed by atoms with Gasteiger partial charge in [0.2, 0.25) is 0 Å². The monoisotopic (exact) mass is 328 g/mol. The first kappa shape index (κ1) is 13.0. The second-order valence-corrected chi connectivity index (χ2v) is 4.70. The van der Waals surface area contributed by atoms with E-state index in [1.165, 1.54) is 0 Å². The minimum atomic E-state index is -0.393. The normalized spacial score (nSPS) is 11.6. The van der Waals surface area contributed by atoms with Gasteiger partial charge in [-0.15, -0.1) is 0 Å². The molecular formula is C12H13IN2O. The van der Waals surface area contributed by atoms with Crippen molar-refractivity contribution in [2.45, 2.75) is 25.8 Å². The van der Waals surface area contributed by atoms with Crippen LogP contribution in [0.5, 0.6) is 0 Å². The smallest absolute Gasteiger partial charge is 0.252 e. The number of carbonyl (C=O) groups is 1. The molecule has 0 aliphatic carbocycles. The van der Waals surface area contributed by atoms with Crippen molar-refractivity contribution in [3.8, 4) is 6.07 Å². The van der Waals surface area contributed by atoms with Crippen molar-refractivity contribution in [1.29, 1.82) is 5.26 Å². The molecule has 0 saturated heterocycles. The van der Waals surface area contributed by atoms with Crippen molar-refractivity contribution >= 4 is 28.5 Å². The van der Waals surface area contributed by atoms with E-state index < -0.39 is 6.04 Å². The molecule has 1 aromatic carbocycles. The number of hydrogen-bond acceptors (Lipinski definition) is 2. The number of hydrogen-bond donors (Lipinski definition) is 1. The molecule has 0 spiro atoms. The largest absolute Gasteiger partial charge is 0.336 e. The molecule has 0 aliphatic heterocycles. The molecule has 1 amide bonds. The third kappa shape index (κ3) is 3.81. The number of nitrogens with one attached hydrogen (secondary N) is 1. The Balaban J connectivity index is 2.69. The Morgan fingerprint density at radius 1 is 1.62 bits per heavy atom. The van der Waals surface area contributed by atoms with Crippen LogP contribution in [0.25, 0.3) is 0 Å². The zero-order valence-electron chi connectivity index (χ0n) is 9.03. The third-order valence-corrected chi connectivity index (χ3v) is 2.80. The number of halogens is 1. The topological polar surface area (TPSA) is 52.9 Å². The van der Waals surface area contributed by atoms with Crippen LogP contribution in [0.2, 0.25) is 0 Å². The summed E-state index contributed by atoms with van der Waals surface area (Å²) in [6.07, 6.45) is 1.57. The van der Waals surface area contributed by atoms with Gasteiger partial charge in [-0.2, -0.15) is 5.26 Å². The summed E-state index contributed by atoms with van der Waals surface area (Å²) < 4.78 is 1.01. The summed E-state index contributed by atoms with van der Waals surface area (Å²) in [5.41, 5.74) is 0.600. The van der Waals surface area contributed by atoms with E-state index in [0.29, 0.717) is 12.0 Å². The van der Waals surface area contributed by atoms with E-state index in [1.54, 1.807) is 12.1 Å². The fourth-order valence-corrected chi connectivity index (χ4v) is 1.87. The second kappa shape index (κ2) is 6.48. The molecule has 0 aliphatic rings. The maximum absolute atomic E-state index is 11.8. The highest BCUT2D eigenvalue weighted by Crippen LogP contribution is 2.08. The molecule has 3 nitrogen and oxygen atoms in total. The fraction of sp³-hybridized carbons (Fsp3) is 0.333. The van der Waals surface area contributed by atoms with Gasteiger partial charge in [-0.3, -0.25) is 4.79 Å². The zero-order valence-corrected chi connectivity index (χ0v) is 11.2. The maximum Gasteiger partial charge on any atom is 0.252 e. The standard InChI is InChI=1S/C12H13IN2O/c1-2-4-11(8-14)15-12(16)9-5-3-6-10(13)7-9/h3,5-7,11H,2,4H2,1H3,(H,15,16).